The maximum Gasteiger partial charge on any atom is 0.338 e. The van der Waals surface area contributed by atoms with E-state index < -0.39 is 10.9 Å². The average molecular weight is 341 g/mol. The fraction of sp³-hybridized carbons (Fsp3) is 0.0625. The van der Waals surface area contributed by atoms with Gasteiger partial charge in [-0.05, 0) is 6.07 Å². The minimum atomic E-state index is -0.460. The number of esters is 1. The number of aromatic nitrogens is 2. The molecule has 120 valence electrons. The van der Waals surface area contributed by atoms with E-state index in [2.05, 4.69) is 10.2 Å². The molecule has 0 saturated heterocycles. The number of carbonyl (C=O) groups excluding carboxylic acids is 1. The highest BCUT2D eigenvalue weighted by molar-refractivity contribution is 7.18. The summed E-state index contributed by atoms with van der Waals surface area (Å²) in [7, 11) is 1.31. The summed E-state index contributed by atoms with van der Waals surface area (Å²) in [5, 5.41) is 20.1. The van der Waals surface area contributed by atoms with Gasteiger partial charge in [0.1, 0.15) is 10.0 Å². The molecule has 24 heavy (non-hydrogen) atoms. The van der Waals surface area contributed by atoms with Crippen molar-refractivity contribution in [1.29, 1.82) is 0 Å². The number of carbonyl (C=O) groups is 1. The maximum atomic E-state index is 11.9. The van der Waals surface area contributed by atoms with Crippen LogP contribution in [0.5, 0.6) is 0 Å². The lowest BCUT2D eigenvalue weighted by molar-refractivity contribution is -0.384. The third-order valence-electron chi connectivity index (χ3n) is 3.29. The molecule has 0 saturated carbocycles. The summed E-state index contributed by atoms with van der Waals surface area (Å²) in [4.78, 5) is 22.3. The van der Waals surface area contributed by atoms with Crippen molar-refractivity contribution in [2.75, 3.05) is 7.11 Å². The zero-order valence-electron chi connectivity index (χ0n) is 12.5. The number of hydrogen-bond acceptors (Lipinski definition) is 7. The number of non-ortho nitro benzene ring substituents is 1. The smallest absolute Gasteiger partial charge is 0.338 e. The Labute approximate surface area is 140 Å². The molecule has 0 bridgehead atoms. The topological polar surface area (TPSA) is 95.2 Å². The summed E-state index contributed by atoms with van der Waals surface area (Å²) < 4.78 is 4.77. The van der Waals surface area contributed by atoms with E-state index >= 15 is 0 Å². The van der Waals surface area contributed by atoms with E-state index in [1.807, 2.05) is 0 Å². The zero-order valence-corrected chi connectivity index (χ0v) is 13.3. The van der Waals surface area contributed by atoms with Gasteiger partial charge < -0.3 is 4.74 Å². The molecule has 1 heterocycles. The molecular formula is C16H11N3O4S. The Bertz CT molecular complexity index is 923. The van der Waals surface area contributed by atoms with E-state index in [-0.39, 0.29) is 5.69 Å². The van der Waals surface area contributed by atoms with E-state index in [0.717, 1.165) is 0 Å². The first-order valence-electron chi connectivity index (χ1n) is 6.86. The molecule has 0 aliphatic rings. The van der Waals surface area contributed by atoms with Gasteiger partial charge in [0.2, 0.25) is 0 Å². The zero-order chi connectivity index (χ0) is 17.1. The van der Waals surface area contributed by atoms with Gasteiger partial charge in [-0.2, -0.15) is 0 Å². The summed E-state index contributed by atoms with van der Waals surface area (Å²) in [6, 6.07) is 13.1. The molecule has 1 aromatic heterocycles. The second kappa shape index (κ2) is 6.55. The van der Waals surface area contributed by atoms with Gasteiger partial charge in [0.25, 0.3) is 5.69 Å². The predicted molar refractivity (Wildman–Crippen MR) is 88.8 cm³/mol. The highest BCUT2D eigenvalue weighted by atomic mass is 32.1. The summed E-state index contributed by atoms with van der Waals surface area (Å²) >= 11 is 1.25. The van der Waals surface area contributed by atoms with E-state index in [0.29, 0.717) is 26.7 Å². The second-order valence-corrected chi connectivity index (χ2v) is 5.73. The lowest BCUT2D eigenvalue weighted by Gasteiger charge is -2.03. The predicted octanol–water partition coefficient (Wildman–Crippen LogP) is 3.57. The number of benzene rings is 2. The molecule has 0 atom stereocenters. The second-order valence-electron chi connectivity index (χ2n) is 4.76. The molecule has 8 heteroatoms. The number of nitrogens with zero attached hydrogens (tertiary/aromatic N) is 3. The summed E-state index contributed by atoms with van der Waals surface area (Å²) in [5.74, 6) is -0.460. The Morgan fingerprint density at radius 2 is 1.88 bits per heavy atom. The quantitative estimate of drug-likeness (QED) is 0.409. The largest absolute Gasteiger partial charge is 0.465 e. The van der Waals surface area contributed by atoms with Gasteiger partial charge in [0.15, 0.2) is 0 Å². The lowest BCUT2D eigenvalue weighted by atomic mass is 10.1. The standard InChI is InChI=1S/C16H11N3O4S/c1-23-16(20)13-8-3-2-7-12(13)15-18-17-14(24-15)10-5-4-6-11(9-10)19(21)22/h2-9H,1H3. The van der Waals surface area contributed by atoms with Crippen LogP contribution in [0.15, 0.2) is 48.5 Å². The molecule has 0 spiro atoms. The van der Waals surface area contributed by atoms with E-state index in [1.54, 1.807) is 36.4 Å². The fourth-order valence-electron chi connectivity index (χ4n) is 2.16. The van der Waals surface area contributed by atoms with Crippen LogP contribution in [0.2, 0.25) is 0 Å². The first-order valence-corrected chi connectivity index (χ1v) is 7.68. The van der Waals surface area contributed by atoms with Crippen molar-refractivity contribution in [2.24, 2.45) is 0 Å². The normalized spacial score (nSPS) is 10.4. The van der Waals surface area contributed by atoms with Gasteiger partial charge in [-0.25, -0.2) is 4.79 Å². The lowest BCUT2D eigenvalue weighted by Crippen LogP contribution is -2.03. The Balaban J connectivity index is 2.02. The molecule has 0 amide bonds. The fourth-order valence-corrected chi connectivity index (χ4v) is 3.04. The minimum absolute atomic E-state index is 0.0146. The summed E-state index contributed by atoms with van der Waals surface area (Å²) in [5.41, 5.74) is 1.59. The van der Waals surface area contributed by atoms with Gasteiger partial charge >= 0.3 is 5.97 Å². The molecule has 3 aromatic rings. The van der Waals surface area contributed by atoms with Crippen LogP contribution in [0, 0.1) is 10.1 Å². The van der Waals surface area contributed by atoms with Crippen LogP contribution in [0.1, 0.15) is 10.4 Å². The van der Waals surface area contributed by atoms with E-state index in [1.165, 1.54) is 30.6 Å². The Morgan fingerprint density at radius 1 is 1.12 bits per heavy atom. The number of hydrogen-bond donors (Lipinski definition) is 0. The van der Waals surface area contributed by atoms with Crippen molar-refractivity contribution in [1.82, 2.24) is 10.2 Å². The van der Waals surface area contributed by atoms with Crippen LogP contribution < -0.4 is 0 Å². The highest BCUT2D eigenvalue weighted by Gasteiger charge is 2.17. The van der Waals surface area contributed by atoms with E-state index in [4.69, 9.17) is 4.74 Å². The summed E-state index contributed by atoms with van der Waals surface area (Å²) in [6.07, 6.45) is 0. The molecule has 0 unspecified atom stereocenters. The molecule has 2 aromatic carbocycles. The molecule has 0 radical (unpaired) electrons. The van der Waals surface area contributed by atoms with Crippen molar-refractivity contribution in [3.63, 3.8) is 0 Å². The number of ether oxygens (including phenoxy) is 1. The third kappa shape index (κ3) is 2.99. The average Bonchev–Trinajstić information content (AvgIpc) is 3.11. The van der Waals surface area contributed by atoms with Gasteiger partial charge in [-0.3, -0.25) is 10.1 Å². The third-order valence-corrected chi connectivity index (χ3v) is 4.30. The molecule has 0 aliphatic carbocycles. The van der Waals surface area contributed by atoms with Crippen LogP contribution in [0.3, 0.4) is 0 Å². The molecule has 3 rings (SSSR count). The number of nitro groups is 1. The van der Waals surface area contributed by atoms with Crippen LogP contribution in [-0.4, -0.2) is 28.2 Å². The van der Waals surface area contributed by atoms with Crippen molar-refractivity contribution in [3.05, 3.63) is 64.2 Å². The molecule has 0 fully saturated rings. The van der Waals surface area contributed by atoms with Crippen LogP contribution >= 0.6 is 11.3 Å². The molecule has 0 N–H and O–H groups in total. The van der Waals surface area contributed by atoms with Gasteiger partial charge in [0.05, 0.1) is 17.6 Å². The number of nitro benzene ring substituents is 1. The number of methoxy groups -OCH3 is 1. The van der Waals surface area contributed by atoms with Gasteiger partial charge in [-0.15, -0.1) is 10.2 Å². The summed E-state index contributed by atoms with van der Waals surface area (Å²) in [6.45, 7) is 0. The first kappa shape index (κ1) is 15.8. The SMILES string of the molecule is COC(=O)c1ccccc1-c1nnc(-c2cccc([N+](=O)[O-])c2)s1. The van der Waals surface area contributed by atoms with Crippen LogP contribution in [0.4, 0.5) is 5.69 Å². The van der Waals surface area contributed by atoms with Crippen molar-refractivity contribution < 1.29 is 14.5 Å². The van der Waals surface area contributed by atoms with Gasteiger partial charge in [0, 0.05) is 23.3 Å². The van der Waals surface area contributed by atoms with E-state index in [9.17, 15) is 14.9 Å². The molecule has 0 aliphatic heterocycles. The van der Waals surface area contributed by atoms with Gasteiger partial charge in [-0.1, -0.05) is 41.7 Å². The van der Waals surface area contributed by atoms with Crippen LogP contribution in [-0.2, 0) is 4.74 Å². The first-order chi connectivity index (χ1) is 11.6. The maximum absolute atomic E-state index is 11.9. The monoisotopic (exact) mass is 341 g/mol. The van der Waals surface area contributed by atoms with Crippen LogP contribution in [0.25, 0.3) is 21.1 Å². The minimum Gasteiger partial charge on any atom is -0.465 e. The van der Waals surface area contributed by atoms with Crippen molar-refractivity contribution in [2.45, 2.75) is 0 Å². The molecular weight excluding hydrogens is 330 g/mol. The highest BCUT2D eigenvalue weighted by Crippen LogP contribution is 2.33. The van der Waals surface area contributed by atoms with Crippen molar-refractivity contribution in [3.8, 4) is 21.1 Å². The van der Waals surface area contributed by atoms with Crippen molar-refractivity contribution >= 4 is 23.0 Å². The molecule has 7 nitrogen and oxygen atoms in total. The Morgan fingerprint density at radius 3 is 2.62 bits per heavy atom. The number of rotatable bonds is 4. The Kier molecular flexibility index (Phi) is 4.30. The Hall–Kier alpha value is -3.13.